The number of amidine groups is 4. The molecule has 0 fully saturated rings. The molecule has 552 valence electrons. The summed E-state index contributed by atoms with van der Waals surface area (Å²) in [5.41, 5.74) is 24.8. The molecule has 8 heteroatoms. The Hall–Kier alpha value is -15.6. The summed E-state index contributed by atoms with van der Waals surface area (Å²) in [7, 11) is 0. The van der Waals surface area contributed by atoms with Gasteiger partial charge in [-0.3, -0.25) is 0 Å². The molecule has 0 bridgehead atoms. The van der Waals surface area contributed by atoms with Crippen LogP contribution in [0.1, 0.15) is 45.7 Å². The molecule has 2 aliphatic rings. The quantitative estimate of drug-likeness (QED) is 0.120. The Kier molecular flexibility index (Phi) is 16.2. The summed E-state index contributed by atoms with van der Waals surface area (Å²) in [6.45, 7) is 0. The number of fused-ring (bicyclic) bond motifs is 11. The van der Waals surface area contributed by atoms with Crippen molar-refractivity contribution in [2.24, 2.45) is 20.0 Å². The van der Waals surface area contributed by atoms with Crippen molar-refractivity contribution in [1.82, 2.24) is 10.6 Å². The minimum Gasteiger partial charge on any atom is -0.456 e. The molecule has 4 heterocycles. The topological polar surface area (TPSA) is 99.8 Å². The monoisotopic (exact) mass is 1510 g/mol. The number of benzene rings is 19. The highest BCUT2D eigenvalue weighted by molar-refractivity contribution is 6.20. The Morgan fingerprint density at radius 3 is 1.28 bits per heavy atom. The molecular formula is C110H70N6O2. The van der Waals surface area contributed by atoms with E-state index < -0.39 is 6.17 Å². The molecule has 2 aliphatic heterocycles. The Bertz CT molecular complexity index is 7810. The van der Waals surface area contributed by atoms with Gasteiger partial charge in [-0.05, 0) is 216 Å². The maximum absolute atomic E-state index is 7.09. The normalized spacial score (nSPS) is 14.3. The molecule has 0 saturated heterocycles. The molecule has 23 rings (SSSR count). The molecule has 0 saturated carbocycles. The van der Waals surface area contributed by atoms with E-state index in [9.17, 15) is 0 Å². The maximum atomic E-state index is 7.09. The van der Waals surface area contributed by atoms with Gasteiger partial charge in [0, 0.05) is 49.4 Å². The molecule has 19 aromatic carbocycles. The van der Waals surface area contributed by atoms with Crippen molar-refractivity contribution in [2.45, 2.75) is 12.3 Å². The van der Waals surface area contributed by atoms with Crippen LogP contribution in [0.2, 0.25) is 0 Å². The van der Waals surface area contributed by atoms with Crippen LogP contribution in [-0.4, -0.2) is 23.3 Å². The van der Waals surface area contributed by atoms with Gasteiger partial charge in [-0.2, -0.15) is 0 Å². The van der Waals surface area contributed by atoms with Crippen molar-refractivity contribution >= 4 is 121 Å². The minimum atomic E-state index is -0.422. The summed E-state index contributed by atoms with van der Waals surface area (Å²) in [6, 6.07) is 143. The Morgan fingerprint density at radius 2 is 0.610 bits per heavy atom. The number of hydrogen-bond donors (Lipinski definition) is 2. The lowest BCUT2D eigenvalue weighted by Gasteiger charge is -2.24. The molecule has 0 radical (unpaired) electrons. The third-order valence-corrected chi connectivity index (χ3v) is 23.7. The first kappa shape index (κ1) is 68.0. The lowest BCUT2D eigenvalue weighted by atomic mass is 9.90. The average molecular weight is 1510 g/mol. The molecule has 0 aliphatic carbocycles. The Balaban J connectivity index is 0.546. The van der Waals surface area contributed by atoms with E-state index >= 15 is 0 Å². The number of furan rings is 2. The van der Waals surface area contributed by atoms with E-state index in [1.54, 1.807) is 0 Å². The van der Waals surface area contributed by atoms with E-state index in [1.165, 1.54) is 27.1 Å². The summed E-state index contributed by atoms with van der Waals surface area (Å²) in [4.78, 5) is 21.2. The van der Waals surface area contributed by atoms with Crippen molar-refractivity contribution in [3.63, 3.8) is 0 Å². The predicted octanol–water partition coefficient (Wildman–Crippen LogP) is 27.9. The van der Waals surface area contributed by atoms with Crippen molar-refractivity contribution < 1.29 is 8.83 Å². The van der Waals surface area contributed by atoms with Gasteiger partial charge in [-0.15, -0.1) is 0 Å². The summed E-state index contributed by atoms with van der Waals surface area (Å²) >= 11 is 0. The van der Waals surface area contributed by atoms with Crippen LogP contribution in [0.3, 0.4) is 0 Å². The summed E-state index contributed by atoms with van der Waals surface area (Å²) < 4.78 is 13.7. The van der Waals surface area contributed by atoms with Crippen LogP contribution in [0.15, 0.2) is 429 Å². The molecule has 2 unspecified atom stereocenters. The van der Waals surface area contributed by atoms with Crippen LogP contribution >= 0.6 is 0 Å². The molecule has 0 amide bonds. The molecule has 2 atom stereocenters. The van der Waals surface area contributed by atoms with E-state index in [1.807, 2.05) is 24.3 Å². The second-order valence-electron chi connectivity index (χ2n) is 30.9. The van der Waals surface area contributed by atoms with Gasteiger partial charge in [-0.1, -0.05) is 322 Å². The first-order valence-corrected chi connectivity index (χ1v) is 40.1. The van der Waals surface area contributed by atoms with Crippen LogP contribution < -0.4 is 10.6 Å². The fraction of sp³-hybridized carbons (Fsp3) is 0.0182. The maximum Gasteiger partial charge on any atom is 0.159 e. The fourth-order valence-corrected chi connectivity index (χ4v) is 17.7. The van der Waals surface area contributed by atoms with Gasteiger partial charge in [0.25, 0.3) is 0 Å². The molecule has 2 N–H and O–H groups in total. The summed E-state index contributed by atoms with van der Waals surface area (Å²) in [6.07, 6.45) is -0.793. The third-order valence-electron chi connectivity index (χ3n) is 23.7. The average Bonchev–Trinajstić information content (AvgIpc) is 1.49. The van der Waals surface area contributed by atoms with Crippen LogP contribution in [-0.2, 0) is 0 Å². The van der Waals surface area contributed by atoms with E-state index in [2.05, 4.69) is 387 Å². The van der Waals surface area contributed by atoms with Crippen molar-refractivity contribution in [3.8, 4) is 77.9 Å². The number of hydrogen-bond acceptors (Lipinski definition) is 8. The van der Waals surface area contributed by atoms with E-state index in [0.29, 0.717) is 11.7 Å². The molecule has 8 nitrogen and oxygen atoms in total. The SMILES string of the molecule is c1ccc(C2=NC(c3ccc(-c4cccc(-c5cc(-c6cccc7c6oc6cccc(-c8ccc9ccc(C%10=NC(c%11ccc%12ccccc%12c%11)=NC(c%11ccc(-c%12ccccc%12)cc%11)N%10)cc9c8)c67)cc6ccccc56)c4)cc3)NC(c3ccc4ccc(-c5cc(-c6ccc7ccccc7c6)cc6oc7ccccc7c56)cc4c3)=N2)cc1. The van der Waals surface area contributed by atoms with Crippen molar-refractivity contribution in [1.29, 1.82) is 0 Å². The van der Waals surface area contributed by atoms with E-state index in [0.717, 1.165) is 194 Å². The standard InChI is InChI=1S/C110H70N6O2/c1-3-18-67(19-4-1)70-36-46-75(47-37-70)107-114-108(85-53-43-69-21-8-10-25-78(69)58-85)116-110(115-107)87-55-44-72-41-51-83(59-88(72)62-87)93-31-17-35-100-102(93)96-33-16-32-94(104(96)118-100)91-61-81-26-11-12-29-92(81)97(65-91)82-28-15-27-79(57-82)71-38-48-76(49-39-71)106-111-105(74-22-5-2-6-23-74)112-109(113-106)86-54-45-73-42-52-84(60-89(73)63-86)98-64-90(80-50-40-68-20-7-9-24-77(68)56-80)66-101-103(98)95-30-13-14-34-99(95)117-101/h1-66,106-107H,(H,111,112,113)(H,114,115,116). The smallest absolute Gasteiger partial charge is 0.159 e. The lowest BCUT2D eigenvalue weighted by Crippen LogP contribution is -2.33. The van der Waals surface area contributed by atoms with Crippen LogP contribution in [0.4, 0.5) is 0 Å². The molecule has 118 heavy (non-hydrogen) atoms. The van der Waals surface area contributed by atoms with Crippen molar-refractivity contribution in [3.05, 3.63) is 434 Å². The molecule has 0 spiro atoms. The molecular weight excluding hydrogens is 1440 g/mol. The predicted molar refractivity (Wildman–Crippen MR) is 490 cm³/mol. The van der Waals surface area contributed by atoms with E-state index in [-0.39, 0.29) is 6.17 Å². The molecule has 2 aromatic heterocycles. The zero-order valence-corrected chi connectivity index (χ0v) is 63.9. The van der Waals surface area contributed by atoms with E-state index in [4.69, 9.17) is 28.8 Å². The summed E-state index contributed by atoms with van der Waals surface area (Å²) in [5, 5.41) is 23.4. The van der Waals surface area contributed by atoms with Gasteiger partial charge in [0.2, 0.25) is 0 Å². The number of para-hydroxylation sites is 2. The lowest BCUT2D eigenvalue weighted by molar-refractivity contribution is 0.669. The van der Waals surface area contributed by atoms with Gasteiger partial charge in [-0.25, -0.2) is 20.0 Å². The number of rotatable bonds is 13. The largest absolute Gasteiger partial charge is 0.456 e. The second-order valence-corrected chi connectivity index (χ2v) is 30.9. The first-order chi connectivity index (χ1) is 58.4. The highest BCUT2D eigenvalue weighted by atomic mass is 16.3. The Labute approximate surface area is 680 Å². The second kappa shape index (κ2) is 28.2. The minimum absolute atomic E-state index is 0.371. The van der Waals surface area contributed by atoms with Crippen LogP contribution in [0, 0.1) is 0 Å². The van der Waals surface area contributed by atoms with Gasteiger partial charge in [0.05, 0.1) is 0 Å². The molecule has 21 aromatic rings. The number of nitrogens with zero attached hydrogens (tertiary/aromatic N) is 4. The van der Waals surface area contributed by atoms with Gasteiger partial charge in [0.15, 0.2) is 11.7 Å². The van der Waals surface area contributed by atoms with Crippen LogP contribution in [0.25, 0.3) is 176 Å². The third kappa shape index (κ3) is 12.3. The van der Waals surface area contributed by atoms with Crippen molar-refractivity contribution in [2.75, 3.05) is 0 Å². The number of aliphatic imine (C=N–C) groups is 4. The first-order valence-electron chi connectivity index (χ1n) is 40.1. The zero-order chi connectivity index (χ0) is 77.7. The van der Waals surface area contributed by atoms with Gasteiger partial charge < -0.3 is 19.5 Å². The highest BCUT2D eigenvalue weighted by Gasteiger charge is 2.27. The summed E-state index contributed by atoms with van der Waals surface area (Å²) in [5.74, 6) is 2.86. The highest BCUT2D eigenvalue weighted by Crippen LogP contribution is 2.46. The number of nitrogens with one attached hydrogen (secondary N) is 2. The van der Waals surface area contributed by atoms with Gasteiger partial charge >= 0.3 is 0 Å². The van der Waals surface area contributed by atoms with Gasteiger partial charge in [0.1, 0.15) is 46.3 Å². The zero-order valence-electron chi connectivity index (χ0n) is 63.9. The van der Waals surface area contributed by atoms with Crippen LogP contribution in [0.5, 0.6) is 0 Å². The fourth-order valence-electron chi connectivity index (χ4n) is 17.7. The Morgan fingerprint density at radius 1 is 0.203 bits per heavy atom.